The van der Waals surface area contributed by atoms with Gasteiger partial charge in [-0.05, 0) is 45.0 Å². The molecular formula is C21H29N3O6. The normalized spacial score (nSPS) is 15.8. The highest BCUT2D eigenvalue weighted by molar-refractivity contribution is 5.79. The van der Waals surface area contributed by atoms with E-state index in [1.807, 2.05) is 22.9 Å². The molecule has 9 nitrogen and oxygen atoms in total. The van der Waals surface area contributed by atoms with E-state index >= 15 is 0 Å². The number of nitrogens with one attached hydrogen (secondary N) is 1. The van der Waals surface area contributed by atoms with Crippen LogP contribution in [0.2, 0.25) is 0 Å². The van der Waals surface area contributed by atoms with Crippen LogP contribution in [0.25, 0.3) is 11.3 Å². The van der Waals surface area contributed by atoms with Gasteiger partial charge in [0.1, 0.15) is 0 Å². The molecule has 0 aliphatic carbocycles. The monoisotopic (exact) mass is 419 g/mol. The molecule has 1 saturated heterocycles. The van der Waals surface area contributed by atoms with Gasteiger partial charge < -0.3 is 20.2 Å². The minimum atomic E-state index is -1.79. The average molecular weight is 419 g/mol. The second-order valence-corrected chi connectivity index (χ2v) is 7.35. The summed E-state index contributed by atoms with van der Waals surface area (Å²) in [5.74, 6) is -2.85. The SMILES string of the molecule is CCc1c(-c2ccccc2)[nH]n(C2CCN(C)CC2)c1=O.O=C(O)CC(O)C(=O)O. The van der Waals surface area contributed by atoms with Gasteiger partial charge in [0.15, 0.2) is 6.10 Å². The molecule has 164 valence electrons. The highest BCUT2D eigenvalue weighted by atomic mass is 16.4. The van der Waals surface area contributed by atoms with Crippen LogP contribution < -0.4 is 5.56 Å². The highest BCUT2D eigenvalue weighted by Gasteiger charge is 2.23. The largest absolute Gasteiger partial charge is 0.481 e. The highest BCUT2D eigenvalue weighted by Crippen LogP contribution is 2.24. The summed E-state index contributed by atoms with van der Waals surface area (Å²) < 4.78 is 1.87. The number of H-pyrrole nitrogens is 1. The zero-order valence-electron chi connectivity index (χ0n) is 17.2. The number of benzene rings is 1. The number of hydrogen-bond donors (Lipinski definition) is 4. The molecular weight excluding hydrogens is 390 g/mol. The molecule has 0 amide bonds. The molecule has 4 N–H and O–H groups in total. The molecule has 30 heavy (non-hydrogen) atoms. The minimum Gasteiger partial charge on any atom is -0.481 e. The van der Waals surface area contributed by atoms with E-state index in [2.05, 4.69) is 36.1 Å². The average Bonchev–Trinajstić information content (AvgIpc) is 3.05. The lowest BCUT2D eigenvalue weighted by molar-refractivity contribution is -0.152. The summed E-state index contributed by atoms with van der Waals surface area (Å²) in [5.41, 5.74) is 3.14. The summed E-state index contributed by atoms with van der Waals surface area (Å²) in [4.78, 5) is 34.4. The first kappa shape index (κ1) is 23.4. The smallest absolute Gasteiger partial charge is 0.333 e. The van der Waals surface area contributed by atoms with Gasteiger partial charge in [0.25, 0.3) is 5.56 Å². The van der Waals surface area contributed by atoms with Gasteiger partial charge in [0.2, 0.25) is 0 Å². The van der Waals surface area contributed by atoms with Crippen LogP contribution in [-0.2, 0) is 16.0 Å². The van der Waals surface area contributed by atoms with Gasteiger partial charge >= 0.3 is 11.9 Å². The van der Waals surface area contributed by atoms with Crippen LogP contribution in [0.15, 0.2) is 35.1 Å². The van der Waals surface area contributed by atoms with E-state index in [1.165, 1.54) is 0 Å². The predicted octanol–water partition coefficient (Wildman–Crippen LogP) is 1.58. The Bertz CT molecular complexity index is 897. The van der Waals surface area contributed by atoms with Crippen molar-refractivity contribution in [2.24, 2.45) is 0 Å². The fraction of sp³-hybridized carbons (Fsp3) is 0.476. The number of carboxylic acids is 2. The fourth-order valence-corrected chi connectivity index (χ4v) is 3.43. The molecule has 1 aliphatic heterocycles. The number of carboxylic acid groups (broad SMARTS) is 2. The Labute approximate surface area is 174 Å². The van der Waals surface area contributed by atoms with E-state index < -0.39 is 24.5 Å². The number of aromatic amines is 1. The van der Waals surface area contributed by atoms with Crippen molar-refractivity contribution < 1.29 is 24.9 Å². The van der Waals surface area contributed by atoms with Crippen LogP contribution in [0.5, 0.6) is 0 Å². The van der Waals surface area contributed by atoms with Crippen LogP contribution >= 0.6 is 0 Å². The zero-order valence-corrected chi connectivity index (χ0v) is 17.2. The van der Waals surface area contributed by atoms with Gasteiger partial charge in [-0.25, -0.2) is 9.48 Å². The van der Waals surface area contributed by atoms with Gasteiger partial charge in [-0.3, -0.25) is 14.7 Å². The summed E-state index contributed by atoms with van der Waals surface area (Å²) in [6, 6.07) is 10.4. The Morgan fingerprint density at radius 2 is 1.77 bits per heavy atom. The van der Waals surface area contributed by atoms with E-state index in [4.69, 9.17) is 15.3 Å². The van der Waals surface area contributed by atoms with E-state index in [1.54, 1.807) is 0 Å². The first-order chi connectivity index (χ1) is 14.2. The molecule has 1 aromatic heterocycles. The Kier molecular flexibility index (Phi) is 8.37. The van der Waals surface area contributed by atoms with Gasteiger partial charge in [0, 0.05) is 5.56 Å². The first-order valence-electron chi connectivity index (χ1n) is 9.94. The number of aliphatic hydroxyl groups excluding tert-OH is 1. The van der Waals surface area contributed by atoms with Gasteiger partial charge in [-0.15, -0.1) is 0 Å². The molecule has 2 heterocycles. The third-order valence-corrected chi connectivity index (χ3v) is 5.13. The van der Waals surface area contributed by atoms with Crippen LogP contribution in [0.4, 0.5) is 0 Å². The lowest BCUT2D eigenvalue weighted by atomic mass is 10.1. The fourth-order valence-electron chi connectivity index (χ4n) is 3.43. The summed E-state index contributed by atoms with van der Waals surface area (Å²) in [7, 11) is 2.14. The first-order valence-corrected chi connectivity index (χ1v) is 9.94. The molecule has 0 spiro atoms. The summed E-state index contributed by atoms with van der Waals surface area (Å²) in [6.07, 6.45) is 0.291. The molecule has 0 bridgehead atoms. The van der Waals surface area contributed by atoms with Gasteiger partial charge in [0.05, 0.1) is 18.2 Å². The quantitative estimate of drug-likeness (QED) is 0.558. The summed E-state index contributed by atoms with van der Waals surface area (Å²) in [5, 5.41) is 27.5. The van der Waals surface area contributed by atoms with Crippen molar-refractivity contribution in [3.8, 4) is 11.3 Å². The van der Waals surface area contributed by atoms with Crippen LogP contribution in [0, 0.1) is 0 Å². The topological polar surface area (TPSA) is 136 Å². The zero-order chi connectivity index (χ0) is 22.3. The minimum absolute atomic E-state index is 0.158. The summed E-state index contributed by atoms with van der Waals surface area (Å²) >= 11 is 0. The van der Waals surface area contributed by atoms with Crippen LogP contribution in [-0.4, -0.2) is 68.2 Å². The second kappa shape index (κ2) is 10.7. The Morgan fingerprint density at radius 3 is 2.23 bits per heavy atom. The maximum atomic E-state index is 12.7. The molecule has 1 aromatic carbocycles. The second-order valence-electron chi connectivity index (χ2n) is 7.35. The standard InChI is InChI=1S/C17H23N3O.C4H6O5/c1-3-15-16(13-7-5-4-6-8-13)18-20(17(15)21)14-9-11-19(2)12-10-14;5-2(4(8)9)1-3(6)7/h4-8,14,18H,3,9-12H2,1-2H3;2,5H,1H2,(H,6,7)(H,8,9). The molecule has 1 fully saturated rings. The van der Waals surface area contributed by atoms with Crippen molar-refractivity contribution in [1.82, 2.24) is 14.7 Å². The number of nitrogens with zero attached hydrogens (tertiary/aromatic N) is 2. The molecule has 2 aromatic rings. The number of piperidine rings is 1. The van der Waals surface area contributed by atoms with Crippen molar-refractivity contribution in [3.05, 3.63) is 46.2 Å². The molecule has 1 aliphatic rings. The van der Waals surface area contributed by atoms with Crippen molar-refractivity contribution in [2.45, 2.75) is 44.8 Å². The molecule has 1 atom stereocenters. The molecule has 3 rings (SSSR count). The lowest BCUT2D eigenvalue weighted by Crippen LogP contribution is -2.35. The number of aliphatic carboxylic acids is 2. The Balaban J connectivity index is 0.000000303. The Hall–Kier alpha value is -2.91. The molecule has 9 heteroatoms. The van der Waals surface area contributed by atoms with Gasteiger partial charge in [-0.2, -0.15) is 0 Å². The van der Waals surface area contributed by atoms with Crippen LogP contribution in [0.3, 0.4) is 0 Å². The number of likely N-dealkylation sites (tertiary alicyclic amines) is 1. The third kappa shape index (κ3) is 6.04. The predicted molar refractivity (Wildman–Crippen MR) is 112 cm³/mol. The van der Waals surface area contributed by atoms with E-state index in [-0.39, 0.29) is 5.56 Å². The lowest BCUT2D eigenvalue weighted by Gasteiger charge is -2.29. The number of rotatable bonds is 6. The number of aliphatic hydroxyl groups is 1. The molecule has 1 unspecified atom stereocenters. The third-order valence-electron chi connectivity index (χ3n) is 5.13. The van der Waals surface area contributed by atoms with Crippen molar-refractivity contribution in [3.63, 3.8) is 0 Å². The van der Waals surface area contributed by atoms with Gasteiger partial charge in [-0.1, -0.05) is 37.3 Å². The number of aromatic nitrogens is 2. The van der Waals surface area contributed by atoms with E-state index in [9.17, 15) is 14.4 Å². The Morgan fingerprint density at radius 1 is 1.17 bits per heavy atom. The maximum absolute atomic E-state index is 12.7. The van der Waals surface area contributed by atoms with Crippen LogP contribution in [0.1, 0.15) is 37.8 Å². The number of carbonyl (C=O) groups is 2. The van der Waals surface area contributed by atoms with E-state index in [0.717, 1.165) is 49.2 Å². The summed E-state index contributed by atoms with van der Waals surface area (Å²) in [6.45, 7) is 4.16. The molecule has 0 saturated carbocycles. The number of hydrogen-bond acceptors (Lipinski definition) is 5. The van der Waals surface area contributed by atoms with Crippen molar-refractivity contribution in [2.75, 3.05) is 20.1 Å². The van der Waals surface area contributed by atoms with Crippen molar-refractivity contribution >= 4 is 11.9 Å². The maximum Gasteiger partial charge on any atom is 0.333 e. The van der Waals surface area contributed by atoms with Crippen molar-refractivity contribution in [1.29, 1.82) is 0 Å². The van der Waals surface area contributed by atoms with E-state index in [0.29, 0.717) is 6.04 Å². The molecule has 0 radical (unpaired) electrons.